The molecule has 0 radical (unpaired) electrons. The third kappa shape index (κ3) is 3.61. The smallest absolute Gasteiger partial charge is 0.358 e. The van der Waals surface area contributed by atoms with E-state index >= 15 is 0 Å². The fourth-order valence-corrected chi connectivity index (χ4v) is 2.24. The lowest BCUT2D eigenvalue weighted by atomic mass is 10.2. The van der Waals surface area contributed by atoms with Crippen LogP contribution in [0.5, 0.6) is 0 Å². The number of hydrogen-bond acceptors (Lipinski definition) is 8. The van der Waals surface area contributed by atoms with Crippen LogP contribution in [0.4, 0.5) is 22.9 Å². The summed E-state index contributed by atoms with van der Waals surface area (Å²) in [4.78, 5) is 42.1. The average molecular weight is 364 g/mol. The highest BCUT2D eigenvalue weighted by atomic mass is 16.6. The number of carbonyl (C=O) groups excluding carboxylic acids is 1. The first-order valence-corrected chi connectivity index (χ1v) is 7.03. The van der Waals surface area contributed by atoms with E-state index in [1.807, 2.05) is 0 Å². The number of nitrogens with zero attached hydrogens (tertiary/aromatic N) is 5. The molecule has 13 heteroatoms. The molecule has 2 rings (SSSR count). The van der Waals surface area contributed by atoms with Crippen molar-refractivity contribution in [3.63, 3.8) is 0 Å². The summed E-state index contributed by atoms with van der Waals surface area (Å²) in [6.07, 6.45) is 0. The van der Waals surface area contributed by atoms with Crippen LogP contribution in [0, 0.1) is 44.2 Å². The van der Waals surface area contributed by atoms with E-state index in [0.29, 0.717) is 11.3 Å². The molecular formula is C13H12N6O7. The number of anilines is 1. The summed E-state index contributed by atoms with van der Waals surface area (Å²) in [7, 11) is 0. The Morgan fingerprint density at radius 1 is 1.12 bits per heavy atom. The largest absolute Gasteiger partial charge is 0.468 e. The van der Waals surface area contributed by atoms with Crippen LogP contribution >= 0.6 is 0 Å². The van der Waals surface area contributed by atoms with Crippen LogP contribution in [0.2, 0.25) is 0 Å². The van der Waals surface area contributed by atoms with E-state index in [1.165, 1.54) is 25.1 Å². The van der Waals surface area contributed by atoms with Gasteiger partial charge in [-0.1, -0.05) is 0 Å². The zero-order chi connectivity index (χ0) is 19.6. The number of benzene rings is 1. The van der Waals surface area contributed by atoms with Gasteiger partial charge in [-0.3, -0.25) is 25.0 Å². The Hall–Kier alpha value is -3.90. The molecule has 1 N–H and O–H groups in total. The highest BCUT2D eigenvalue weighted by molar-refractivity contribution is 5.91. The van der Waals surface area contributed by atoms with Crippen molar-refractivity contribution in [2.24, 2.45) is 0 Å². The van der Waals surface area contributed by atoms with Crippen LogP contribution in [-0.4, -0.2) is 30.5 Å². The van der Waals surface area contributed by atoms with Gasteiger partial charge in [-0.15, -0.1) is 0 Å². The summed E-state index contributed by atoms with van der Waals surface area (Å²) in [6, 6.07) is 3.81. The predicted octanol–water partition coefficient (Wildman–Crippen LogP) is 1.86. The van der Waals surface area contributed by atoms with Gasteiger partial charge >= 0.3 is 11.5 Å². The Bertz CT molecular complexity index is 935. The lowest BCUT2D eigenvalue weighted by Gasteiger charge is -2.07. The molecule has 0 spiro atoms. The van der Waals surface area contributed by atoms with Crippen molar-refractivity contribution in [1.82, 2.24) is 9.78 Å². The number of nitro benzene ring substituents is 1. The van der Waals surface area contributed by atoms with Gasteiger partial charge in [0.1, 0.15) is 12.2 Å². The molecule has 0 saturated carbocycles. The average Bonchev–Trinajstić information content (AvgIpc) is 2.86. The second-order valence-electron chi connectivity index (χ2n) is 5.23. The summed E-state index contributed by atoms with van der Waals surface area (Å²) in [6.45, 7) is 2.29. The second-order valence-corrected chi connectivity index (χ2v) is 5.23. The van der Waals surface area contributed by atoms with E-state index in [2.05, 4.69) is 10.4 Å². The number of nitro groups is 3. The lowest BCUT2D eigenvalue weighted by molar-refractivity contribution is -0.424. The third-order valence-corrected chi connectivity index (χ3v) is 3.50. The molecule has 1 amide bonds. The fraction of sp³-hybridized carbons (Fsp3) is 0.231. The minimum absolute atomic E-state index is 0.141. The molecule has 0 saturated heterocycles. The number of aromatic nitrogens is 2. The van der Waals surface area contributed by atoms with E-state index in [4.69, 9.17) is 0 Å². The molecule has 0 aliphatic rings. The number of rotatable bonds is 6. The van der Waals surface area contributed by atoms with Crippen molar-refractivity contribution in [3.8, 4) is 0 Å². The Labute approximate surface area is 144 Å². The highest BCUT2D eigenvalue weighted by Crippen LogP contribution is 2.29. The minimum Gasteiger partial charge on any atom is -0.358 e. The van der Waals surface area contributed by atoms with Crippen molar-refractivity contribution in [2.75, 3.05) is 5.32 Å². The zero-order valence-electron chi connectivity index (χ0n) is 13.5. The first-order chi connectivity index (χ1) is 12.1. The standard InChI is InChI=1S/C13H12N6O7/c1-7-5-9(17(21)22)3-4-10(7)14-11(20)6-16-8(2)12(18(23)24)13(15-16)19(25)26/h3-5H,6H2,1-2H3,(H,14,20). The SMILES string of the molecule is Cc1cc([N+](=O)[O-])ccc1NC(=O)Cn1nc([N+](=O)[O-])c([N+](=O)[O-])c1C. The van der Waals surface area contributed by atoms with E-state index < -0.39 is 38.7 Å². The summed E-state index contributed by atoms with van der Waals surface area (Å²) in [5.74, 6) is -1.61. The van der Waals surface area contributed by atoms with Crippen LogP contribution in [0.1, 0.15) is 11.3 Å². The molecule has 1 aromatic heterocycles. The van der Waals surface area contributed by atoms with Gasteiger partial charge in [-0.2, -0.15) is 4.68 Å². The molecule has 2 aromatic rings. The number of non-ortho nitro benzene ring substituents is 1. The number of amides is 1. The van der Waals surface area contributed by atoms with E-state index in [9.17, 15) is 35.1 Å². The summed E-state index contributed by atoms with van der Waals surface area (Å²) < 4.78 is 0.853. The van der Waals surface area contributed by atoms with E-state index in [0.717, 1.165) is 4.68 Å². The normalized spacial score (nSPS) is 10.4. The van der Waals surface area contributed by atoms with Crippen LogP contribution in [0.25, 0.3) is 0 Å². The summed E-state index contributed by atoms with van der Waals surface area (Å²) in [5.41, 5.74) is -0.336. The topological polar surface area (TPSA) is 176 Å². The second kappa shape index (κ2) is 6.92. The monoisotopic (exact) mass is 364 g/mol. The van der Waals surface area contributed by atoms with E-state index in [1.54, 1.807) is 6.92 Å². The number of nitrogens with one attached hydrogen (secondary N) is 1. The van der Waals surface area contributed by atoms with Gasteiger partial charge in [0, 0.05) is 17.8 Å². The van der Waals surface area contributed by atoms with Gasteiger partial charge < -0.3 is 15.4 Å². The minimum atomic E-state index is -1.000. The van der Waals surface area contributed by atoms with Crippen molar-refractivity contribution >= 4 is 28.8 Å². The summed E-state index contributed by atoms with van der Waals surface area (Å²) >= 11 is 0. The van der Waals surface area contributed by atoms with Gasteiger partial charge in [-0.05, 0) is 30.4 Å². The molecule has 0 fully saturated rings. The quantitative estimate of drug-likeness (QED) is 0.596. The molecule has 136 valence electrons. The fourth-order valence-electron chi connectivity index (χ4n) is 2.24. The number of hydrogen-bond donors (Lipinski definition) is 1. The third-order valence-electron chi connectivity index (χ3n) is 3.50. The van der Waals surface area contributed by atoms with Crippen molar-refractivity contribution in [1.29, 1.82) is 0 Å². The maximum absolute atomic E-state index is 12.1. The molecule has 0 unspecified atom stereocenters. The maximum Gasteiger partial charge on any atom is 0.468 e. The highest BCUT2D eigenvalue weighted by Gasteiger charge is 2.35. The first-order valence-electron chi connectivity index (χ1n) is 7.03. The Morgan fingerprint density at radius 2 is 1.77 bits per heavy atom. The molecule has 1 heterocycles. The molecule has 1 aromatic carbocycles. The Kier molecular flexibility index (Phi) is 4.91. The van der Waals surface area contributed by atoms with E-state index in [-0.39, 0.29) is 11.4 Å². The molecule has 0 aliphatic heterocycles. The number of aryl methyl sites for hydroxylation is 1. The van der Waals surface area contributed by atoms with Crippen LogP contribution in [-0.2, 0) is 11.3 Å². The van der Waals surface area contributed by atoms with Crippen molar-refractivity contribution < 1.29 is 19.6 Å². The lowest BCUT2D eigenvalue weighted by Crippen LogP contribution is -2.20. The van der Waals surface area contributed by atoms with Gasteiger partial charge in [0.2, 0.25) is 5.91 Å². The molecular weight excluding hydrogens is 352 g/mol. The van der Waals surface area contributed by atoms with Crippen molar-refractivity contribution in [2.45, 2.75) is 20.4 Å². The Balaban J connectivity index is 2.23. The number of carbonyl (C=O) groups is 1. The molecule has 13 nitrogen and oxygen atoms in total. The van der Waals surface area contributed by atoms with Crippen LogP contribution in [0.15, 0.2) is 18.2 Å². The molecule has 26 heavy (non-hydrogen) atoms. The zero-order valence-corrected chi connectivity index (χ0v) is 13.5. The van der Waals surface area contributed by atoms with Gasteiger partial charge in [0.05, 0.1) is 14.9 Å². The molecule has 0 aliphatic carbocycles. The van der Waals surface area contributed by atoms with Crippen LogP contribution in [0.3, 0.4) is 0 Å². The summed E-state index contributed by atoms with van der Waals surface area (Å²) in [5, 5.41) is 38.5. The molecule has 0 bridgehead atoms. The Morgan fingerprint density at radius 3 is 2.23 bits per heavy atom. The van der Waals surface area contributed by atoms with Gasteiger partial charge in [-0.25, -0.2) is 0 Å². The van der Waals surface area contributed by atoms with Crippen LogP contribution < -0.4 is 5.32 Å². The maximum atomic E-state index is 12.1. The predicted molar refractivity (Wildman–Crippen MR) is 86.7 cm³/mol. The first kappa shape index (κ1) is 18.4. The van der Waals surface area contributed by atoms with Gasteiger partial charge in [0.25, 0.3) is 5.69 Å². The molecule has 0 atom stereocenters. The van der Waals surface area contributed by atoms with Crippen molar-refractivity contribution in [3.05, 3.63) is 59.8 Å². The van der Waals surface area contributed by atoms with Gasteiger partial charge in [0.15, 0.2) is 0 Å².